The predicted molar refractivity (Wildman–Crippen MR) is 270 cm³/mol. The van der Waals surface area contributed by atoms with Crippen LogP contribution in [0.4, 0.5) is 4.79 Å². The number of carbonyl (C=O) groups excluding carboxylic acids is 2. The summed E-state index contributed by atoms with van der Waals surface area (Å²) in [5, 5.41) is 0. The minimum Gasteiger partial charge on any atom is -0.463 e. The van der Waals surface area contributed by atoms with Crippen molar-refractivity contribution in [2.75, 3.05) is 53.7 Å². The zero-order chi connectivity index (χ0) is 46.4. The zero-order valence-electron chi connectivity index (χ0n) is 42.1. The van der Waals surface area contributed by atoms with Crippen molar-refractivity contribution in [3.05, 3.63) is 60.8 Å². The molecule has 0 aromatic carbocycles. The van der Waals surface area contributed by atoms with Crippen LogP contribution in [0, 0.1) is 11.8 Å². The molecule has 0 aromatic heterocycles. The number of allylic oxidation sites excluding steroid dienone is 10. The number of esters is 1. The van der Waals surface area contributed by atoms with Crippen LogP contribution in [0.15, 0.2) is 60.8 Å². The van der Waals surface area contributed by atoms with E-state index in [2.05, 4.69) is 81.5 Å². The number of carbonyl (C=O) groups is 2. The molecular weight excluding hydrogens is 799 g/mol. The minimum atomic E-state index is -0.630. The molecule has 8 heteroatoms. The van der Waals surface area contributed by atoms with Gasteiger partial charge in [0.05, 0.1) is 6.61 Å². The number of unbranched alkanes of at least 4 members (excludes halogenated alkanes) is 18. The first-order valence-electron chi connectivity index (χ1n) is 26.5. The van der Waals surface area contributed by atoms with Crippen molar-refractivity contribution in [2.45, 2.75) is 219 Å². The fourth-order valence-corrected chi connectivity index (χ4v) is 8.09. The lowest BCUT2D eigenvalue weighted by Crippen LogP contribution is -2.30. The summed E-state index contributed by atoms with van der Waals surface area (Å²) in [6, 6.07) is 0. The van der Waals surface area contributed by atoms with Crippen molar-refractivity contribution in [3.63, 3.8) is 0 Å². The fraction of sp³-hybridized carbons (Fsp3) is 0.786. The Labute approximate surface area is 394 Å². The Balaban J connectivity index is 2.48. The second kappa shape index (κ2) is 45.5. The number of nitrogens with zero attached hydrogens (tertiary/aromatic N) is 1. The SMILES string of the molecule is CC/C=C\CC1C(CC(=O)OCC(COCCCCCCCC/C=C\C/C=C\CCCCC)OCCCCCCCC/C=C\C/C=C\CCCCC)CCC1OC(=O)OCCN(C)C. The van der Waals surface area contributed by atoms with Gasteiger partial charge in [0.2, 0.25) is 0 Å². The average Bonchev–Trinajstić information content (AvgIpc) is 3.64. The first kappa shape index (κ1) is 59.3. The summed E-state index contributed by atoms with van der Waals surface area (Å²) < 4.78 is 29.4. The van der Waals surface area contributed by atoms with Gasteiger partial charge in [-0.15, -0.1) is 0 Å². The molecule has 0 radical (unpaired) electrons. The maximum atomic E-state index is 13.3. The zero-order valence-corrected chi connectivity index (χ0v) is 42.1. The molecule has 1 aliphatic rings. The summed E-state index contributed by atoms with van der Waals surface area (Å²) in [6.45, 7) is 9.49. The monoisotopic (exact) mass is 898 g/mol. The fourth-order valence-electron chi connectivity index (χ4n) is 8.09. The summed E-state index contributed by atoms with van der Waals surface area (Å²) in [5.41, 5.74) is 0. The van der Waals surface area contributed by atoms with Gasteiger partial charge in [0.15, 0.2) is 0 Å². The van der Waals surface area contributed by atoms with Crippen LogP contribution in [0.1, 0.15) is 207 Å². The van der Waals surface area contributed by atoms with Gasteiger partial charge in [-0.3, -0.25) is 4.79 Å². The van der Waals surface area contributed by atoms with E-state index < -0.39 is 6.16 Å². The first-order chi connectivity index (χ1) is 31.4. The summed E-state index contributed by atoms with van der Waals surface area (Å²) in [5.74, 6) is -0.104. The molecule has 0 aliphatic heterocycles. The van der Waals surface area contributed by atoms with E-state index in [0.717, 1.165) is 51.4 Å². The molecule has 1 aliphatic carbocycles. The Hall–Kier alpha value is -2.68. The van der Waals surface area contributed by atoms with E-state index in [1.54, 1.807) is 0 Å². The molecule has 64 heavy (non-hydrogen) atoms. The van der Waals surface area contributed by atoms with Crippen molar-refractivity contribution < 1.29 is 33.3 Å². The van der Waals surface area contributed by atoms with Crippen molar-refractivity contribution in [1.29, 1.82) is 0 Å². The molecule has 4 atom stereocenters. The molecule has 4 unspecified atom stereocenters. The molecule has 0 heterocycles. The standard InChI is InChI=1S/C56H99NO7/c1-6-9-12-14-16-18-20-22-24-26-28-30-32-34-36-39-45-60-49-52(61-46-40-37-35-33-31-29-27-25-23-21-19-17-15-13-10-7-2)50-63-55(58)48-51-42-43-54(53(51)41-38-11-8-3)64-56(59)62-47-44-57(4)5/h11,16-19,22-25,38,51-54H,6-10,12-15,20-21,26-37,39-50H2,1-5H3/b18-16-,19-17-,24-22-,25-23-,38-11-. The van der Waals surface area contributed by atoms with Crippen molar-refractivity contribution >= 4 is 12.1 Å². The van der Waals surface area contributed by atoms with Crippen LogP contribution in [-0.2, 0) is 28.5 Å². The van der Waals surface area contributed by atoms with Crippen LogP contribution < -0.4 is 0 Å². The Kier molecular flexibility index (Phi) is 42.2. The van der Waals surface area contributed by atoms with Gasteiger partial charge in [-0.2, -0.15) is 0 Å². The van der Waals surface area contributed by atoms with Gasteiger partial charge in [0, 0.05) is 32.1 Å². The normalized spacial score (nSPS) is 17.4. The highest BCUT2D eigenvalue weighted by molar-refractivity contribution is 5.69. The molecule has 0 bridgehead atoms. The Morgan fingerprint density at radius 2 is 1.09 bits per heavy atom. The van der Waals surface area contributed by atoms with E-state index in [-0.39, 0.29) is 43.2 Å². The van der Waals surface area contributed by atoms with Crippen LogP contribution in [-0.4, -0.2) is 82.9 Å². The smallest absolute Gasteiger partial charge is 0.463 e. The third kappa shape index (κ3) is 37.5. The maximum absolute atomic E-state index is 13.3. The van der Waals surface area contributed by atoms with Crippen molar-refractivity contribution in [2.24, 2.45) is 11.8 Å². The van der Waals surface area contributed by atoms with Crippen LogP contribution in [0.2, 0.25) is 0 Å². The van der Waals surface area contributed by atoms with Crippen LogP contribution in [0.25, 0.3) is 0 Å². The molecule has 0 amide bonds. The lowest BCUT2D eigenvalue weighted by atomic mass is 9.89. The number of hydrogen-bond donors (Lipinski definition) is 0. The molecule has 0 aromatic rings. The molecule has 1 saturated carbocycles. The predicted octanol–water partition coefficient (Wildman–Crippen LogP) is 15.4. The maximum Gasteiger partial charge on any atom is 0.508 e. The van der Waals surface area contributed by atoms with Gasteiger partial charge in [0.25, 0.3) is 0 Å². The second-order valence-corrected chi connectivity index (χ2v) is 18.3. The third-order valence-electron chi connectivity index (χ3n) is 12.1. The Morgan fingerprint density at radius 1 is 0.562 bits per heavy atom. The van der Waals surface area contributed by atoms with Crippen molar-refractivity contribution in [1.82, 2.24) is 4.90 Å². The third-order valence-corrected chi connectivity index (χ3v) is 12.1. The topological polar surface area (TPSA) is 83.5 Å². The molecule has 1 fully saturated rings. The van der Waals surface area contributed by atoms with Gasteiger partial charge < -0.3 is 28.6 Å². The minimum absolute atomic E-state index is 0.0464. The molecule has 0 spiro atoms. The quantitative estimate of drug-likeness (QED) is 0.0340. The second-order valence-electron chi connectivity index (χ2n) is 18.3. The van der Waals surface area contributed by atoms with Crippen LogP contribution in [0.3, 0.4) is 0 Å². The first-order valence-corrected chi connectivity index (χ1v) is 26.5. The molecular formula is C56H99NO7. The number of ether oxygens (including phenoxy) is 5. The molecule has 8 nitrogen and oxygen atoms in total. The van der Waals surface area contributed by atoms with E-state index in [4.69, 9.17) is 23.7 Å². The summed E-state index contributed by atoms with van der Waals surface area (Å²) >= 11 is 0. The average molecular weight is 898 g/mol. The summed E-state index contributed by atoms with van der Waals surface area (Å²) in [7, 11) is 3.87. The highest BCUT2D eigenvalue weighted by Gasteiger charge is 2.39. The van der Waals surface area contributed by atoms with Crippen molar-refractivity contribution in [3.8, 4) is 0 Å². The number of rotatable bonds is 44. The van der Waals surface area contributed by atoms with Crippen LogP contribution >= 0.6 is 0 Å². The largest absolute Gasteiger partial charge is 0.508 e. The van der Waals surface area contributed by atoms with E-state index in [1.165, 1.54) is 122 Å². The molecule has 0 N–H and O–H groups in total. The van der Waals surface area contributed by atoms with Gasteiger partial charge in [0.1, 0.15) is 25.4 Å². The molecule has 0 saturated heterocycles. The van der Waals surface area contributed by atoms with Gasteiger partial charge in [-0.25, -0.2) is 4.79 Å². The van der Waals surface area contributed by atoms with Gasteiger partial charge >= 0.3 is 12.1 Å². The van der Waals surface area contributed by atoms with E-state index in [9.17, 15) is 9.59 Å². The lowest BCUT2D eigenvalue weighted by Gasteiger charge is -2.24. The number of likely N-dealkylation sites (N-methyl/N-ethyl adjacent to an activating group) is 1. The highest BCUT2D eigenvalue weighted by atomic mass is 16.7. The summed E-state index contributed by atoms with van der Waals surface area (Å²) in [4.78, 5) is 27.7. The van der Waals surface area contributed by atoms with Crippen LogP contribution in [0.5, 0.6) is 0 Å². The van der Waals surface area contributed by atoms with Gasteiger partial charge in [-0.1, -0.05) is 159 Å². The Bertz CT molecular complexity index is 1210. The summed E-state index contributed by atoms with van der Waals surface area (Å²) in [6.07, 6.45) is 54.2. The van der Waals surface area contributed by atoms with Gasteiger partial charge in [-0.05, 0) is 123 Å². The molecule has 1 rings (SSSR count). The lowest BCUT2D eigenvalue weighted by molar-refractivity contribution is -0.151. The highest BCUT2D eigenvalue weighted by Crippen LogP contribution is 2.39. The van der Waals surface area contributed by atoms with E-state index in [1.807, 2.05) is 19.0 Å². The van der Waals surface area contributed by atoms with E-state index >= 15 is 0 Å². The Morgan fingerprint density at radius 3 is 1.64 bits per heavy atom. The molecule has 370 valence electrons. The van der Waals surface area contributed by atoms with E-state index in [0.29, 0.717) is 39.2 Å². The number of hydrogen-bond acceptors (Lipinski definition) is 8.